The third-order valence-electron chi connectivity index (χ3n) is 3.49. The van der Waals surface area contributed by atoms with Crippen LogP contribution in [0.25, 0.3) is 0 Å². The van der Waals surface area contributed by atoms with E-state index in [1.54, 1.807) is 0 Å². The van der Waals surface area contributed by atoms with Gasteiger partial charge >= 0.3 is 0 Å². The van der Waals surface area contributed by atoms with E-state index in [-0.39, 0.29) is 24.0 Å². The Morgan fingerprint density at radius 2 is 2.19 bits per heavy atom. The van der Waals surface area contributed by atoms with Crippen LogP contribution in [0.1, 0.15) is 33.6 Å². The van der Waals surface area contributed by atoms with Crippen molar-refractivity contribution in [2.75, 3.05) is 43.9 Å². The van der Waals surface area contributed by atoms with Crippen molar-refractivity contribution < 1.29 is 0 Å². The molecule has 21 heavy (non-hydrogen) atoms. The lowest BCUT2D eigenvalue weighted by Gasteiger charge is -2.36. The molecule has 1 rings (SSSR count). The summed E-state index contributed by atoms with van der Waals surface area (Å²) >= 11 is 4.04. The SMILES string of the molecule is CCNC(=NCCCCSC)N1CCSC(C(C)C)C1.I. The van der Waals surface area contributed by atoms with Gasteiger partial charge in [0, 0.05) is 37.2 Å². The summed E-state index contributed by atoms with van der Waals surface area (Å²) in [7, 11) is 0. The number of rotatable bonds is 7. The van der Waals surface area contributed by atoms with E-state index in [1.807, 2.05) is 11.8 Å². The normalized spacial score (nSPS) is 19.6. The number of hydrogen-bond donors (Lipinski definition) is 1. The molecule has 0 amide bonds. The van der Waals surface area contributed by atoms with E-state index >= 15 is 0 Å². The van der Waals surface area contributed by atoms with E-state index < -0.39 is 0 Å². The number of thioether (sulfide) groups is 2. The van der Waals surface area contributed by atoms with Gasteiger partial charge in [-0.15, -0.1) is 24.0 Å². The number of nitrogens with zero attached hydrogens (tertiary/aromatic N) is 2. The molecule has 0 aromatic rings. The highest BCUT2D eigenvalue weighted by Gasteiger charge is 2.24. The molecule has 1 aliphatic rings. The molecule has 6 heteroatoms. The van der Waals surface area contributed by atoms with Gasteiger partial charge in [-0.3, -0.25) is 4.99 Å². The molecule has 0 bridgehead atoms. The van der Waals surface area contributed by atoms with Crippen LogP contribution in [0.15, 0.2) is 4.99 Å². The van der Waals surface area contributed by atoms with E-state index in [0.29, 0.717) is 0 Å². The van der Waals surface area contributed by atoms with Gasteiger partial charge in [-0.25, -0.2) is 0 Å². The van der Waals surface area contributed by atoms with Gasteiger partial charge in [-0.1, -0.05) is 13.8 Å². The summed E-state index contributed by atoms with van der Waals surface area (Å²) in [5, 5.41) is 4.20. The second-order valence-corrected chi connectivity index (χ2v) is 7.87. The van der Waals surface area contributed by atoms with Gasteiger partial charge in [0.1, 0.15) is 0 Å². The Bertz CT molecular complexity index is 288. The molecule has 0 spiro atoms. The fourth-order valence-electron chi connectivity index (χ4n) is 2.24. The lowest BCUT2D eigenvalue weighted by atomic mass is 10.1. The lowest BCUT2D eigenvalue weighted by Crippen LogP contribution is -2.49. The number of halogens is 1. The first-order valence-electron chi connectivity index (χ1n) is 7.82. The highest BCUT2D eigenvalue weighted by molar-refractivity contribution is 14.0. The zero-order valence-electron chi connectivity index (χ0n) is 13.9. The van der Waals surface area contributed by atoms with Crippen LogP contribution < -0.4 is 5.32 Å². The molecule has 0 aromatic carbocycles. The number of aliphatic imine (C=N–C) groups is 1. The fraction of sp³-hybridized carbons (Fsp3) is 0.933. The third kappa shape index (κ3) is 8.79. The van der Waals surface area contributed by atoms with Crippen LogP contribution in [0.3, 0.4) is 0 Å². The molecule has 1 unspecified atom stereocenters. The minimum Gasteiger partial charge on any atom is -0.357 e. The summed E-state index contributed by atoms with van der Waals surface area (Å²) in [4.78, 5) is 7.27. The number of unbranched alkanes of at least 4 members (excludes halogenated alkanes) is 1. The summed E-state index contributed by atoms with van der Waals surface area (Å²) in [6, 6.07) is 0. The standard InChI is InChI=1S/C15H31N3S2.HI/c1-5-16-15(17-8-6-7-10-19-4)18-9-11-20-14(12-18)13(2)3;/h13-14H,5-12H2,1-4H3,(H,16,17);1H. The molecule has 1 aliphatic heterocycles. The van der Waals surface area contributed by atoms with Crippen LogP contribution in [-0.4, -0.2) is 60.0 Å². The van der Waals surface area contributed by atoms with Crippen molar-refractivity contribution >= 4 is 53.5 Å². The second-order valence-electron chi connectivity index (χ2n) is 5.53. The van der Waals surface area contributed by atoms with Crippen LogP contribution >= 0.6 is 47.5 Å². The van der Waals surface area contributed by atoms with Crippen molar-refractivity contribution in [3.63, 3.8) is 0 Å². The topological polar surface area (TPSA) is 27.6 Å². The van der Waals surface area contributed by atoms with Gasteiger partial charge in [0.2, 0.25) is 0 Å². The van der Waals surface area contributed by atoms with E-state index in [0.717, 1.165) is 43.3 Å². The largest absolute Gasteiger partial charge is 0.357 e. The molecule has 1 atom stereocenters. The van der Waals surface area contributed by atoms with Crippen molar-refractivity contribution in [2.24, 2.45) is 10.9 Å². The molecule has 3 nitrogen and oxygen atoms in total. The molecular formula is C15H32IN3S2. The average Bonchev–Trinajstić information content (AvgIpc) is 2.46. The van der Waals surface area contributed by atoms with Crippen molar-refractivity contribution in [1.82, 2.24) is 10.2 Å². The van der Waals surface area contributed by atoms with Gasteiger partial charge in [0.15, 0.2) is 5.96 Å². The van der Waals surface area contributed by atoms with E-state index in [4.69, 9.17) is 4.99 Å². The fourth-order valence-corrected chi connectivity index (χ4v) is 4.03. The predicted molar refractivity (Wildman–Crippen MR) is 112 cm³/mol. The summed E-state index contributed by atoms with van der Waals surface area (Å²) < 4.78 is 0. The predicted octanol–water partition coefficient (Wildman–Crippen LogP) is 3.79. The highest BCUT2D eigenvalue weighted by Crippen LogP contribution is 2.24. The van der Waals surface area contributed by atoms with Gasteiger partial charge in [-0.05, 0) is 37.7 Å². The van der Waals surface area contributed by atoms with Crippen molar-refractivity contribution in [1.29, 1.82) is 0 Å². The number of hydrogen-bond acceptors (Lipinski definition) is 3. The maximum absolute atomic E-state index is 4.82. The Balaban J connectivity index is 0.00000400. The first kappa shape index (κ1) is 21.7. The van der Waals surface area contributed by atoms with E-state index in [1.165, 1.54) is 24.3 Å². The molecule has 1 heterocycles. The molecule has 126 valence electrons. The van der Waals surface area contributed by atoms with Gasteiger partial charge in [0.05, 0.1) is 0 Å². The molecule has 1 saturated heterocycles. The zero-order chi connectivity index (χ0) is 14.8. The van der Waals surface area contributed by atoms with E-state index in [9.17, 15) is 0 Å². The Kier molecular flexibility index (Phi) is 13.6. The summed E-state index contributed by atoms with van der Waals surface area (Å²) in [5.41, 5.74) is 0. The van der Waals surface area contributed by atoms with Gasteiger partial charge in [0.25, 0.3) is 0 Å². The Morgan fingerprint density at radius 3 is 2.81 bits per heavy atom. The number of guanidine groups is 1. The maximum Gasteiger partial charge on any atom is 0.193 e. The van der Waals surface area contributed by atoms with Crippen molar-refractivity contribution in [3.05, 3.63) is 0 Å². The molecule has 0 saturated carbocycles. The lowest BCUT2D eigenvalue weighted by molar-refractivity contribution is 0.381. The van der Waals surface area contributed by atoms with Gasteiger partial charge in [-0.2, -0.15) is 23.5 Å². The third-order valence-corrected chi connectivity index (χ3v) is 5.73. The molecule has 0 aliphatic carbocycles. The van der Waals surface area contributed by atoms with E-state index in [2.05, 4.69) is 49.0 Å². The summed E-state index contributed by atoms with van der Waals surface area (Å²) in [5.74, 6) is 4.34. The minimum atomic E-state index is 0. The second kappa shape index (κ2) is 13.2. The average molecular weight is 445 g/mol. The molecule has 0 aromatic heterocycles. The molecule has 0 radical (unpaired) electrons. The van der Waals surface area contributed by atoms with Crippen molar-refractivity contribution in [3.8, 4) is 0 Å². The van der Waals surface area contributed by atoms with Crippen LogP contribution in [0, 0.1) is 5.92 Å². The number of nitrogens with one attached hydrogen (secondary N) is 1. The first-order chi connectivity index (χ1) is 9.69. The van der Waals surface area contributed by atoms with Crippen LogP contribution in [0.2, 0.25) is 0 Å². The van der Waals surface area contributed by atoms with Gasteiger partial charge < -0.3 is 10.2 Å². The smallest absolute Gasteiger partial charge is 0.193 e. The Labute approximate surface area is 156 Å². The Hall–Kier alpha value is 0.700. The van der Waals surface area contributed by atoms with Crippen LogP contribution in [-0.2, 0) is 0 Å². The molecule has 1 N–H and O–H groups in total. The minimum absolute atomic E-state index is 0. The maximum atomic E-state index is 4.82. The zero-order valence-corrected chi connectivity index (χ0v) is 17.9. The quantitative estimate of drug-likeness (QED) is 0.279. The Morgan fingerprint density at radius 1 is 1.43 bits per heavy atom. The molecule has 1 fully saturated rings. The summed E-state index contributed by atoms with van der Waals surface area (Å²) in [6.45, 7) is 11.0. The summed E-state index contributed by atoms with van der Waals surface area (Å²) in [6.07, 6.45) is 4.64. The van der Waals surface area contributed by atoms with Crippen molar-refractivity contribution in [2.45, 2.75) is 38.9 Å². The van der Waals surface area contributed by atoms with Crippen LogP contribution in [0.5, 0.6) is 0 Å². The van der Waals surface area contributed by atoms with Crippen LogP contribution in [0.4, 0.5) is 0 Å². The molecular weight excluding hydrogens is 413 g/mol. The first-order valence-corrected chi connectivity index (χ1v) is 10.3. The highest BCUT2D eigenvalue weighted by atomic mass is 127. The monoisotopic (exact) mass is 445 g/mol.